The van der Waals surface area contributed by atoms with E-state index in [2.05, 4.69) is 60.4 Å². The van der Waals surface area contributed by atoms with Gasteiger partial charge in [0.15, 0.2) is 5.96 Å². The molecule has 158 valence electrons. The van der Waals surface area contributed by atoms with Crippen molar-refractivity contribution >= 4 is 5.96 Å². The second kappa shape index (κ2) is 11.1. The molecule has 2 rings (SSSR count). The summed E-state index contributed by atoms with van der Waals surface area (Å²) in [6.45, 7) is 12.8. The number of methoxy groups -OCH3 is 1. The predicted molar refractivity (Wildman–Crippen MR) is 117 cm³/mol. The molecule has 0 fully saturated rings. The molecule has 0 amide bonds. The topological polar surface area (TPSA) is 58.1 Å². The minimum Gasteiger partial charge on any atom is -0.496 e. The van der Waals surface area contributed by atoms with Crippen molar-refractivity contribution in [2.75, 3.05) is 33.8 Å². The molecule has 0 spiro atoms. The van der Waals surface area contributed by atoms with Crippen LogP contribution in [0, 0.1) is 0 Å². The van der Waals surface area contributed by atoms with Gasteiger partial charge in [-0.2, -0.15) is 0 Å². The summed E-state index contributed by atoms with van der Waals surface area (Å²) in [6, 6.07) is 4.56. The van der Waals surface area contributed by atoms with E-state index in [-0.39, 0.29) is 6.10 Å². The van der Waals surface area contributed by atoms with E-state index in [0.29, 0.717) is 12.6 Å². The normalized spacial score (nSPS) is 17.2. The second-order valence-corrected chi connectivity index (χ2v) is 7.54. The molecule has 2 unspecified atom stereocenters. The Hall–Kier alpha value is -1.95. The van der Waals surface area contributed by atoms with Crippen LogP contribution >= 0.6 is 0 Å². The van der Waals surface area contributed by atoms with E-state index in [9.17, 15) is 0 Å². The third kappa shape index (κ3) is 6.30. The highest BCUT2D eigenvalue weighted by Crippen LogP contribution is 2.34. The SMILES string of the molecule is CCN(CC)CCCC(C)NC(=NC)NCc1cc2c(cc1OC)CC(C)O2. The largest absolute Gasteiger partial charge is 0.496 e. The van der Waals surface area contributed by atoms with Crippen LogP contribution in [0.1, 0.15) is 51.7 Å². The lowest BCUT2D eigenvalue weighted by atomic mass is 10.1. The molecule has 1 aliphatic rings. The van der Waals surface area contributed by atoms with Gasteiger partial charge in [-0.3, -0.25) is 4.99 Å². The summed E-state index contributed by atoms with van der Waals surface area (Å²) in [5.41, 5.74) is 2.30. The number of rotatable bonds is 10. The molecule has 0 saturated carbocycles. The minimum atomic E-state index is 0.231. The van der Waals surface area contributed by atoms with Crippen LogP contribution in [0.15, 0.2) is 17.1 Å². The fourth-order valence-electron chi connectivity index (χ4n) is 3.65. The quantitative estimate of drug-likeness (QED) is 0.475. The van der Waals surface area contributed by atoms with Crippen LogP contribution in [0.3, 0.4) is 0 Å². The summed E-state index contributed by atoms with van der Waals surface area (Å²) in [4.78, 5) is 6.83. The molecule has 2 atom stereocenters. The van der Waals surface area contributed by atoms with Crippen molar-refractivity contribution in [1.82, 2.24) is 15.5 Å². The number of guanidine groups is 1. The van der Waals surface area contributed by atoms with Gasteiger partial charge < -0.3 is 25.0 Å². The lowest BCUT2D eigenvalue weighted by Gasteiger charge is -2.21. The molecule has 6 nitrogen and oxygen atoms in total. The van der Waals surface area contributed by atoms with E-state index in [4.69, 9.17) is 9.47 Å². The first-order valence-corrected chi connectivity index (χ1v) is 10.6. The molecule has 1 aromatic carbocycles. The molecule has 0 aromatic heterocycles. The zero-order valence-corrected chi connectivity index (χ0v) is 18.5. The molecule has 0 saturated heterocycles. The molecule has 0 aliphatic carbocycles. The number of nitrogens with zero attached hydrogens (tertiary/aromatic N) is 2. The van der Waals surface area contributed by atoms with E-state index in [1.165, 1.54) is 12.0 Å². The monoisotopic (exact) mass is 390 g/mol. The van der Waals surface area contributed by atoms with Gasteiger partial charge >= 0.3 is 0 Å². The molecule has 1 aromatic rings. The number of hydrogen-bond donors (Lipinski definition) is 2. The molecule has 0 bridgehead atoms. The Labute approximate surface area is 170 Å². The van der Waals surface area contributed by atoms with Crippen LogP contribution in [0.25, 0.3) is 0 Å². The maximum atomic E-state index is 5.89. The van der Waals surface area contributed by atoms with Gasteiger partial charge in [-0.1, -0.05) is 13.8 Å². The summed E-state index contributed by atoms with van der Waals surface area (Å²) in [6.07, 6.45) is 3.47. The van der Waals surface area contributed by atoms with Crippen molar-refractivity contribution in [1.29, 1.82) is 0 Å². The van der Waals surface area contributed by atoms with Crippen molar-refractivity contribution < 1.29 is 9.47 Å². The maximum absolute atomic E-state index is 5.89. The minimum absolute atomic E-state index is 0.231. The van der Waals surface area contributed by atoms with Crippen molar-refractivity contribution in [3.8, 4) is 11.5 Å². The standard InChI is InChI=1S/C22H38N4O2/c1-7-26(8-2)11-9-10-16(3)25-22(23-5)24-15-19-14-21-18(12-17(4)28-21)13-20(19)27-6/h13-14,16-17H,7-12,15H2,1-6H3,(H2,23,24,25). The highest BCUT2D eigenvalue weighted by atomic mass is 16.5. The molecular weight excluding hydrogens is 352 g/mol. The van der Waals surface area contributed by atoms with E-state index < -0.39 is 0 Å². The molecule has 2 N–H and O–H groups in total. The number of aliphatic imine (C=N–C) groups is 1. The average molecular weight is 391 g/mol. The second-order valence-electron chi connectivity index (χ2n) is 7.54. The Morgan fingerprint density at radius 3 is 2.75 bits per heavy atom. The summed E-state index contributed by atoms with van der Waals surface area (Å²) in [5.74, 6) is 2.68. The Morgan fingerprint density at radius 1 is 1.36 bits per heavy atom. The third-order valence-corrected chi connectivity index (χ3v) is 5.36. The molecule has 0 radical (unpaired) electrons. The van der Waals surface area contributed by atoms with Gasteiger partial charge in [0.05, 0.1) is 7.11 Å². The Balaban J connectivity index is 1.86. The van der Waals surface area contributed by atoms with Crippen molar-refractivity contribution in [2.24, 2.45) is 4.99 Å². The lowest BCUT2D eigenvalue weighted by Crippen LogP contribution is -2.42. The molecule has 1 heterocycles. The summed E-state index contributed by atoms with van der Waals surface area (Å²) < 4.78 is 11.5. The molecular formula is C22H38N4O2. The molecule has 6 heteroatoms. The summed E-state index contributed by atoms with van der Waals surface area (Å²) in [7, 11) is 3.53. The number of benzene rings is 1. The van der Waals surface area contributed by atoms with Crippen molar-refractivity contribution in [3.63, 3.8) is 0 Å². The Bertz CT molecular complexity index is 644. The van der Waals surface area contributed by atoms with E-state index in [1.807, 2.05) is 7.05 Å². The number of fused-ring (bicyclic) bond motifs is 1. The summed E-state index contributed by atoms with van der Waals surface area (Å²) in [5, 5.41) is 6.90. The van der Waals surface area contributed by atoms with Gasteiger partial charge in [-0.05, 0) is 58.5 Å². The van der Waals surface area contributed by atoms with Crippen molar-refractivity contribution in [3.05, 3.63) is 23.3 Å². The Kier molecular flexibility index (Phi) is 8.90. The van der Waals surface area contributed by atoms with Gasteiger partial charge in [-0.15, -0.1) is 0 Å². The predicted octanol–water partition coefficient (Wildman–Crippen LogP) is 3.19. The van der Waals surface area contributed by atoms with Gasteiger partial charge in [0.1, 0.15) is 17.6 Å². The fraction of sp³-hybridized carbons (Fsp3) is 0.682. The number of ether oxygens (including phenoxy) is 2. The smallest absolute Gasteiger partial charge is 0.191 e. The number of nitrogens with one attached hydrogen (secondary N) is 2. The highest BCUT2D eigenvalue weighted by Gasteiger charge is 2.21. The van der Waals surface area contributed by atoms with Crippen LogP contribution in [-0.2, 0) is 13.0 Å². The average Bonchev–Trinajstić information content (AvgIpc) is 3.06. The number of hydrogen-bond acceptors (Lipinski definition) is 4. The molecule has 1 aliphatic heterocycles. The first-order valence-electron chi connectivity index (χ1n) is 10.6. The van der Waals surface area contributed by atoms with Crippen LogP contribution in [0.4, 0.5) is 0 Å². The van der Waals surface area contributed by atoms with Crippen LogP contribution in [0.5, 0.6) is 11.5 Å². The van der Waals surface area contributed by atoms with Gasteiger partial charge in [0.25, 0.3) is 0 Å². The lowest BCUT2D eigenvalue weighted by molar-refractivity contribution is 0.254. The first kappa shape index (κ1) is 22.3. The van der Waals surface area contributed by atoms with Gasteiger partial charge in [0, 0.05) is 37.2 Å². The Morgan fingerprint density at radius 2 is 2.11 bits per heavy atom. The first-order chi connectivity index (χ1) is 13.5. The molecule has 28 heavy (non-hydrogen) atoms. The zero-order chi connectivity index (χ0) is 20.5. The van der Waals surface area contributed by atoms with Crippen LogP contribution in [0.2, 0.25) is 0 Å². The van der Waals surface area contributed by atoms with Gasteiger partial charge in [0.2, 0.25) is 0 Å². The van der Waals surface area contributed by atoms with Crippen molar-refractivity contribution in [2.45, 2.75) is 65.6 Å². The zero-order valence-electron chi connectivity index (χ0n) is 18.5. The fourth-order valence-corrected chi connectivity index (χ4v) is 3.65. The highest BCUT2D eigenvalue weighted by molar-refractivity contribution is 5.80. The maximum Gasteiger partial charge on any atom is 0.191 e. The van der Waals surface area contributed by atoms with E-state index in [0.717, 1.165) is 55.5 Å². The van der Waals surface area contributed by atoms with E-state index >= 15 is 0 Å². The third-order valence-electron chi connectivity index (χ3n) is 5.36. The van der Waals surface area contributed by atoms with E-state index in [1.54, 1.807) is 7.11 Å². The van der Waals surface area contributed by atoms with Crippen LogP contribution in [-0.4, -0.2) is 56.8 Å². The van der Waals surface area contributed by atoms with Crippen LogP contribution < -0.4 is 20.1 Å². The summed E-state index contributed by atoms with van der Waals surface area (Å²) >= 11 is 0. The van der Waals surface area contributed by atoms with Gasteiger partial charge in [-0.25, -0.2) is 0 Å².